The second-order valence-electron chi connectivity index (χ2n) is 2.78. The Morgan fingerprint density at radius 1 is 1.59 bits per heavy atom. The third kappa shape index (κ3) is 2.93. The molecule has 0 saturated heterocycles. The zero-order chi connectivity index (χ0) is 13.2. The van der Waals surface area contributed by atoms with Crippen molar-refractivity contribution in [3.05, 3.63) is 21.9 Å². The van der Waals surface area contributed by atoms with Crippen molar-refractivity contribution < 1.29 is 27.9 Å². The molecule has 7 nitrogen and oxygen atoms in total. The summed E-state index contributed by atoms with van der Waals surface area (Å²) in [5, 5.41) is 19.6. The number of alkyl halides is 3. The topological polar surface area (TPSA) is 112 Å². The number of aromatic nitrogens is 1. The van der Waals surface area contributed by atoms with Crippen LogP contribution in [0.1, 0.15) is 5.56 Å². The summed E-state index contributed by atoms with van der Waals surface area (Å²) in [6.07, 6.45) is -4.62. The third-order valence-corrected chi connectivity index (χ3v) is 1.68. The first-order valence-corrected chi connectivity index (χ1v) is 4.07. The third-order valence-electron chi connectivity index (χ3n) is 1.68. The number of hydrogen-bond donors (Lipinski definition) is 2. The molecule has 94 valence electrons. The molecule has 0 fully saturated rings. The monoisotopic (exact) mass is 253 g/mol. The van der Waals surface area contributed by atoms with Gasteiger partial charge in [0, 0.05) is 6.54 Å². The lowest BCUT2D eigenvalue weighted by Gasteiger charge is -2.12. The van der Waals surface area contributed by atoms with Crippen LogP contribution in [0.15, 0.2) is 6.20 Å². The van der Waals surface area contributed by atoms with Crippen molar-refractivity contribution in [3.8, 4) is 11.5 Å². The van der Waals surface area contributed by atoms with Crippen LogP contribution in [0.2, 0.25) is 0 Å². The van der Waals surface area contributed by atoms with Gasteiger partial charge in [0.2, 0.25) is 5.75 Å². The van der Waals surface area contributed by atoms with Crippen LogP contribution in [0.3, 0.4) is 0 Å². The van der Waals surface area contributed by atoms with Gasteiger partial charge in [-0.2, -0.15) is 0 Å². The summed E-state index contributed by atoms with van der Waals surface area (Å²) in [6.45, 7) is -0.636. The highest BCUT2D eigenvalue weighted by atomic mass is 19.4. The molecule has 1 aromatic rings. The average Bonchev–Trinajstić information content (AvgIpc) is 2.18. The average molecular weight is 253 g/mol. The van der Waals surface area contributed by atoms with E-state index in [1.165, 1.54) is 0 Å². The molecule has 0 aromatic carbocycles. The number of ether oxygens (including phenoxy) is 1. The molecule has 0 atom stereocenters. The van der Waals surface area contributed by atoms with Crippen molar-refractivity contribution in [2.75, 3.05) is 0 Å². The summed E-state index contributed by atoms with van der Waals surface area (Å²) in [5.41, 5.74) is 4.44. The van der Waals surface area contributed by atoms with Gasteiger partial charge in [-0.3, -0.25) is 0 Å². The Labute approximate surface area is 91.8 Å². The second kappa shape index (κ2) is 4.41. The number of nitrogens with zero attached hydrogens (tertiary/aromatic N) is 2. The molecular formula is C7H6F3N3O4. The van der Waals surface area contributed by atoms with Gasteiger partial charge >= 0.3 is 12.2 Å². The summed E-state index contributed by atoms with van der Waals surface area (Å²) in [6, 6.07) is 0. The Kier molecular flexibility index (Phi) is 3.36. The van der Waals surface area contributed by atoms with Crippen LogP contribution in [0.4, 0.5) is 19.0 Å². The first kappa shape index (κ1) is 13.0. The van der Waals surface area contributed by atoms with Crippen LogP contribution >= 0.6 is 0 Å². The van der Waals surface area contributed by atoms with Gasteiger partial charge in [-0.15, -0.1) is 13.2 Å². The number of nitro groups is 1. The summed E-state index contributed by atoms with van der Waals surface area (Å²) in [5.74, 6) is -2.99. The van der Waals surface area contributed by atoms with Crippen LogP contribution < -0.4 is 10.5 Å². The fourth-order valence-corrected chi connectivity index (χ4v) is 1.09. The zero-order valence-corrected chi connectivity index (χ0v) is 8.06. The summed E-state index contributed by atoms with van der Waals surface area (Å²) in [7, 11) is 0. The molecule has 0 aliphatic carbocycles. The highest BCUT2D eigenvalue weighted by Gasteiger charge is 2.36. The molecule has 0 saturated carbocycles. The Bertz CT molecular complexity index is 449. The normalized spacial score (nSPS) is 11.3. The molecule has 1 aromatic heterocycles. The lowest BCUT2D eigenvalue weighted by Crippen LogP contribution is -2.19. The first-order chi connectivity index (χ1) is 7.76. The lowest BCUT2D eigenvalue weighted by molar-refractivity contribution is -0.390. The van der Waals surface area contributed by atoms with Gasteiger partial charge in [-0.05, 0) is 9.91 Å². The van der Waals surface area contributed by atoms with E-state index in [2.05, 4.69) is 9.72 Å². The molecule has 17 heavy (non-hydrogen) atoms. The zero-order valence-electron chi connectivity index (χ0n) is 8.06. The van der Waals surface area contributed by atoms with Gasteiger partial charge in [0.05, 0.1) is 0 Å². The summed E-state index contributed by atoms with van der Waals surface area (Å²) >= 11 is 0. The van der Waals surface area contributed by atoms with Gasteiger partial charge < -0.3 is 25.7 Å². The molecule has 0 radical (unpaired) electrons. The Hall–Kier alpha value is -2.10. The van der Waals surface area contributed by atoms with Crippen molar-refractivity contribution in [1.82, 2.24) is 4.98 Å². The van der Waals surface area contributed by atoms with E-state index in [-0.39, 0.29) is 0 Å². The van der Waals surface area contributed by atoms with E-state index < -0.39 is 40.7 Å². The van der Waals surface area contributed by atoms with Crippen LogP contribution in [-0.4, -0.2) is 21.4 Å². The first-order valence-electron chi connectivity index (χ1n) is 4.07. The standard InChI is InChI=1S/C7H6F3N3O4/c8-7(9,10)17-5-3(1-11)6(13(15)16)12-2-4(5)14/h2,14H,1,11H2. The Morgan fingerprint density at radius 2 is 2.18 bits per heavy atom. The summed E-state index contributed by atoms with van der Waals surface area (Å²) < 4.78 is 39.5. The minimum atomic E-state index is -5.10. The number of rotatable bonds is 3. The van der Waals surface area contributed by atoms with Crippen molar-refractivity contribution in [1.29, 1.82) is 0 Å². The largest absolute Gasteiger partial charge is 0.573 e. The van der Waals surface area contributed by atoms with Gasteiger partial charge in [0.15, 0.2) is 11.9 Å². The molecule has 1 heterocycles. The maximum Gasteiger partial charge on any atom is 0.573 e. The van der Waals surface area contributed by atoms with E-state index in [1.54, 1.807) is 0 Å². The number of pyridine rings is 1. The number of halogens is 3. The molecule has 0 aliphatic heterocycles. The molecule has 0 bridgehead atoms. The molecule has 10 heteroatoms. The molecule has 0 aliphatic rings. The molecular weight excluding hydrogens is 247 g/mol. The quantitative estimate of drug-likeness (QED) is 0.615. The SMILES string of the molecule is NCc1c([N+](=O)[O-])ncc(O)c1OC(F)(F)F. The number of hydrogen-bond acceptors (Lipinski definition) is 6. The van der Waals surface area contributed by atoms with Gasteiger partial charge in [0.25, 0.3) is 0 Å². The van der Waals surface area contributed by atoms with E-state index in [9.17, 15) is 23.3 Å². The van der Waals surface area contributed by atoms with E-state index in [4.69, 9.17) is 10.8 Å². The van der Waals surface area contributed by atoms with E-state index in [0.717, 1.165) is 0 Å². The molecule has 0 spiro atoms. The van der Waals surface area contributed by atoms with Crippen molar-refractivity contribution in [3.63, 3.8) is 0 Å². The minimum Gasteiger partial charge on any atom is -0.502 e. The Balaban J connectivity index is 3.35. The number of aromatic hydroxyl groups is 1. The van der Waals surface area contributed by atoms with Gasteiger partial charge in [0.1, 0.15) is 5.56 Å². The second-order valence-corrected chi connectivity index (χ2v) is 2.78. The fraction of sp³-hybridized carbons (Fsp3) is 0.286. The van der Waals surface area contributed by atoms with Crippen LogP contribution in [-0.2, 0) is 6.54 Å². The molecule has 0 unspecified atom stereocenters. The highest BCUT2D eigenvalue weighted by molar-refractivity contribution is 5.51. The van der Waals surface area contributed by atoms with Crippen molar-refractivity contribution >= 4 is 5.82 Å². The fourth-order valence-electron chi connectivity index (χ4n) is 1.09. The smallest absolute Gasteiger partial charge is 0.502 e. The van der Waals surface area contributed by atoms with E-state index in [1.807, 2.05) is 0 Å². The summed E-state index contributed by atoms with van der Waals surface area (Å²) in [4.78, 5) is 12.6. The van der Waals surface area contributed by atoms with Gasteiger partial charge in [-0.25, -0.2) is 0 Å². The minimum absolute atomic E-state index is 0.484. The van der Waals surface area contributed by atoms with Crippen molar-refractivity contribution in [2.24, 2.45) is 5.73 Å². The molecule has 0 amide bonds. The van der Waals surface area contributed by atoms with E-state index >= 15 is 0 Å². The van der Waals surface area contributed by atoms with Gasteiger partial charge in [-0.1, -0.05) is 0 Å². The number of nitrogens with two attached hydrogens (primary N) is 1. The van der Waals surface area contributed by atoms with E-state index in [0.29, 0.717) is 6.20 Å². The maximum absolute atomic E-state index is 12.0. The predicted octanol–water partition coefficient (Wildman–Crippen LogP) is 1.05. The maximum atomic E-state index is 12.0. The van der Waals surface area contributed by atoms with Crippen LogP contribution in [0.25, 0.3) is 0 Å². The molecule has 3 N–H and O–H groups in total. The van der Waals surface area contributed by atoms with Crippen LogP contribution in [0, 0.1) is 10.1 Å². The van der Waals surface area contributed by atoms with Crippen molar-refractivity contribution in [2.45, 2.75) is 12.9 Å². The van der Waals surface area contributed by atoms with Crippen LogP contribution in [0.5, 0.6) is 11.5 Å². The predicted molar refractivity (Wildman–Crippen MR) is 47.1 cm³/mol. The molecule has 1 rings (SSSR count). The Morgan fingerprint density at radius 3 is 2.59 bits per heavy atom. The lowest BCUT2D eigenvalue weighted by atomic mass is 10.2. The highest BCUT2D eigenvalue weighted by Crippen LogP contribution is 2.37.